The fraction of sp³-hybridized carbons (Fsp3) is 0.323. The predicted molar refractivity (Wildman–Crippen MR) is 163 cm³/mol. The second-order valence-electron chi connectivity index (χ2n) is 10.5. The average molecular weight is 594 g/mol. The van der Waals surface area contributed by atoms with Crippen molar-refractivity contribution in [3.05, 3.63) is 83.2 Å². The number of carboxylic acids is 1. The molecule has 9 nitrogen and oxygen atoms in total. The number of nitrogens with one attached hydrogen (secondary N) is 1. The van der Waals surface area contributed by atoms with Crippen molar-refractivity contribution in [1.29, 1.82) is 0 Å². The molecular weight excluding hydrogens is 559 g/mol. The molecule has 43 heavy (non-hydrogen) atoms. The summed E-state index contributed by atoms with van der Waals surface area (Å²) in [7, 11) is 0. The van der Waals surface area contributed by atoms with Crippen molar-refractivity contribution < 1.29 is 23.1 Å². The van der Waals surface area contributed by atoms with Crippen molar-refractivity contribution in [2.24, 2.45) is 21.6 Å². The van der Waals surface area contributed by atoms with E-state index in [1.165, 1.54) is 12.1 Å². The Balaban J connectivity index is 1.76. The normalized spacial score (nSPS) is 15.0. The molecule has 0 spiro atoms. The van der Waals surface area contributed by atoms with Gasteiger partial charge in [-0.1, -0.05) is 48.9 Å². The third-order valence-electron chi connectivity index (χ3n) is 7.36. The van der Waals surface area contributed by atoms with E-state index >= 15 is 0 Å². The summed E-state index contributed by atoms with van der Waals surface area (Å²) in [5, 5.41) is 13.0. The summed E-state index contributed by atoms with van der Waals surface area (Å²) in [5.41, 5.74) is 8.31. The van der Waals surface area contributed by atoms with Crippen LogP contribution in [0.15, 0.2) is 70.7 Å². The SMILES string of the molecule is C=Nc1nc(C(=O)O)nc(N[C@H](C)C2CCC2)c1N(CN=C(C)C=C(N)c1ccccc1)Cc1ccc(C(F)(F)F)cc1. The zero-order valence-electron chi connectivity index (χ0n) is 24.0. The smallest absolute Gasteiger partial charge is 0.416 e. The van der Waals surface area contributed by atoms with Crippen molar-refractivity contribution in [2.45, 2.75) is 51.9 Å². The Morgan fingerprint density at radius 1 is 1.19 bits per heavy atom. The standard InChI is InChI=1S/C31H34F3N7O2/c1-19(16-25(35)23-8-5-4-6-9-23)37-18-41(17-21-12-14-24(15-13-21)31(32,33)34)26-27(36-3)39-29(30(42)43)40-28(26)38-20(2)22-10-7-11-22/h4-6,8-9,12-16,20,22H,3,7,10-11,17-18,35H2,1-2H3,(H,42,43)(H,38,39,40)/t20-/m1/s1. The first kappa shape index (κ1) is 31.2. The fourth-order valence-electron chi connectivity index (χ4n) is 4.71. The maximum Gasteiger partial charge on any atom is 0.416 e. The van der Waals surface area contributed by atoms with Gasteiger partial charge in [-0.25, -0.2) is 19.8 Å². The van der Waals surface area contributed by atoms with Gasteiger partial charge in [-0.05, 0) is 68.7 Å². The molecule has 226 valence electrons. The predicted octanol–water partition coefficient (Wildman–Crippen LogP) is 6.55. The van der Waals surface area contributed by atoms with Gasteiger partial charge in [0.1, 0.15) is 12.4 Å². The number of nitrogens with zero attached hydrogens (tertiary/aromatic N) is 5. The summed E-state index contributed by atoms with van der Waals surface area (Å²) in [6.45, 7) is 7.48. The van der Waals surface area contributed by atoms with Crippen LogP contribution in [0.25, 0.3) is 5.70 Å². The van der Waals surface area contributed by atoms with Gasteiger partial charge in [0.25, 0.3) is 0 Å². The first-order chi connectivity index (χ1) is 20.5. The van der Waals surface area contributed by atoms with E-state index in [0.717, 1.165) is 37.0 Å². The molecule has 0 amide bonds. The molecule has 1 saturated carbocycles. The van der Waals surface area contributed by atoms with Crippen molar-refractivity contribution >= 4 is 41.4 Å². The maximum absolute atomic E-state index is 13.2. The molecule has 0 saturated heterocycles. The first-order valence-corrected chi connectivity index (χ1v) is 13.8. The van der Waals surface area contributed by atoms with Crippen molar-refractivity contribution in [1.82, 2.24) is 9.97 Å². The Hall–Kier alpha value is -4.74. The lowest BCUT2D eigenvalue weighted by atomic mass is 9.80. The number of hydrogen-bond donors (Lipinski definition) is 3. The molecule has 1 atom stereocenters. The van der Waals surface area contributed by atoms with E-state index in [4.69, 9.17) is 5.73 Å². The van der Waals surface area contributed by atoms with E-state index < -0.39 is 23.5 Å². The Labute approximate surface area is 248 Å². The minimum absolute atomic E-state index is 0.00909. The summed E-state index contributed by atoms with van der Waals surface area (Å²) in [6.07, 6.45) is 0.419. The third-order valence-corrected chi connectivity index (χ3v) is 7.36. The van der Waals surface area contributed by atoms with Crippen LogP contribution in [0.4, 0.5) is 30.5 Å². The van der Waals surface area contributed by atoms with Crippen LogP contribution in [0, 0.1) is 5.92 Å². The highest BCUT2D eigenvalue weighted by Crippen LogP contribution is 2.38. The Morgan fingerprint density at radius 2 is 1.86 bits per heavy atom. The molecule has 4 N–H and O–H groups in total. The molecule has 1 aromatic heterocycles. The molecule has 12 heteroatoms. The number of benzene rings is 2. The highest BCUT2D eigenvalue weighted by molar-refractivity contribution is 5.98. The molecule has 0 aliphatic heterocycles. The van der Waals surface area contributed by atoms with E-state index in [2.05, 4.69) is 32.0 Å². The third kappa shape index (κ3) is 7.97. The number of allylic oxidation sites excluding steroid dienone is 1. The van der Waals surface area contributed by atoms with Crippen LogP contribution >= 0.6 is 0 Å². The van der Waals surface area contributed by atoms with Gasteiger partial charge < -0.3 is 21.1 Å². The van der Waals surface area contributed by atoms with Crippen LogP contribution in [-0.2, 0) is 12.7 Å². The number of aromatic carboxylic acids is 1. The fourth-order valence-corrected chi connectivity index (χ4v) is 4.71. The number of hydrogen-bond acceptors (Lipinski definition) is 8. The van der Waals surface area contributed by atoms with Crippen LogP contribution in [0.1, 0.15) is 60.4 Å². The van der Waals surface area contributed by atoms with Gasteiger partial charge in [-0.2, -0.15) is 13.2 Å². The number of halogens is 3. The van der Waals surface area contributed by atoms with Gasteiger partial charge in [0.2, 0.25) is 5.82 Å². The van der Waals surface area contributed by atoms with E-state index in [1.54, 1.807) is 17.9 Å². The number of carbonyl (C=O) groups is 1. The van der Waals surface area contributed by atoms with Gasteiger partial charge in [-0.15, -0.1) is 0 Å². The van der Waals surface area contributed by atoms with Gasteiger partial charge in [0, 0.05) is 24.0 Å². The second kappa shape index (κ2) is 13.5. The summed E-state index contributed by atoms with van der Waals surface area (Å²) >= 11 is 0. The van der Waals surface area contributed by atoms with E-state index in [1.807, 2.05) is 37.3 Å². The first-order valence-electron chi connectivity index (χ1n) is 13.8. The lowest BCUT2D eigenvalue weighted by Crippen LogP contribution is -2.33. The lowest BCUT2D eigenvalue weighted by Gasteiger charge is -2.34. The molecule has 1 aliphatic rings. The molecule has 1 aliphatic carbocycles. The Kier molecular flexibility index (Phi) is 9.79. The Morgan fingerprint density at radius 3 is 2.42 bits per heavy atom. The van der Waals surface area contributed by atoms with E-state index in [-0.39, 0.29) is 30.9 Å². The number of aliphatic imine (C=N–C) groups is 2. The molecule has 2 aromatic carbocycles. The largest absolute Gasteiger partial charge is 0.475 e. The van der Waals surface area contributed by atoms with Crippen LogP contribution in [-0.4, -0.2) is 46.2 Å². The van der Waals surface area contributed by atoms with Crippen molar-refractivity contribution in [2.75, 3.05) is 16.9 Å². The molecular formula is C31H34F3N7O2. The number of anilines is 2. The zero-order valence-corrected chi connectivity index (χ0v) is 24.0. The summed E-state index contributed by atoms with van der Waals surface area (Å²) in [4.78, 5) is 30.7. The van der Waals surface area contributed by atoms with Gasteiger partial charge in [0.05, 0.1) is 5.56 Å². The Bertz CT molecular complexity index is 1500. The van der Waals surface area contributed by atoms with Gasteiger partial charge in [0.15, 0.2) is 11.6 Å². The molecule has 1 fully saturated rings. The number of nitrogens with two attached hydrogens (primary N) is 1. The zero-order chi connectivity index (χ0) is 31.1. The van der Waals surface area contributed by atoms with Gasteiger partial charge >= 0.3 is 12.1 Å². The van der Waals surface area contributed by atoms with Crippen LogP contribution in [0.2, 0.25) is 0 Å². The highest BCUT2D eigenvalue weighted by atomic mass is 19.4. The summed E-state index contributed by atoms with van der Waals surface area (Å²) in [6, 6.07) is 14.1. The quantitative estimate of drug-likeness (QED) is 0.203. The summed E-state index contributed by atoms with van der Waals surface area (Å²) in [5.74, 6) is -1.17. The monoisotopic (exact) mass is 593 g/mol. The highest BCUT2D eigenvalue weighted by Gasteiger charge is 2.31. The molecule has 4 rings (SSSR count). The number of carboxylic acid groups (broad SMARTS) is 1. The van der Waals surface area contributed by atoms with Crippen molar-refractivity contribution in [3.8, 4) is 0 Å². The minimum atomic E-state index is -4.47. The van der Waals surface area contributed by atoms with E-state index in [0.29, 0.717) is 28.6 Å². The molecule has 3 aromatic rings. The number of aromatic nitrogens is 2. The van der Waals surface area contributed by atoms with Crippen molar-refractivity contribution in [3.63, 3.8) is 0 Å². The molecule has 1 heterocycles. The van der Waals surface area contributed by atoms with Crippen LogP contribution < -0.4 is 16.0 Å². The molecule has 0 radical (unpaired) electrons. The second-order valence-corrected chi connectivity index (χ2v) is 10.5. The van der Waals surface area contributed by atoms with E-state index in [9.17, 15) is 23.1 Å². The average Bonchev–Trinajstić information content (AvgIpc) is 2.94. The lowest BCUT2D eigenvalue weighted by molar-refractivity contribution is -0.137. The number of alkyl halides is 3. The minimum Gasteiger partial charge on any atom is -0.475 e. The van der Waals surface area contributed by atoms with Crippen LogP contribution in [0.3, 0.4) is 0 Å². The molecule has 0 unspecified atom stereocenters. The topological polar surface area (TPSA) is 129 Å². The maximum atomic E-state index is 13.2. The number of rotatable bonds is 12. The van der Waals surface area contributed by atoms with Gasteiger partial charge in [-0.3, -0.25) is 4.99 Å². The van der Waals surface area contributed by atoms with Crippen LogP contribution in [0.5, 0.6) is 0 Å². The summed E-state index contributed by atoms with van der Waals surface area (Å²) < 4.78 is 39.7. The molecule has 0 bridgehead atoms.